The van der Waals surface area contributed by atoms with E-state index in [0.29, 0.717) is 19.5 Å². The SMILES string of the molecule is CC(CN)CC(=O)NCc1ccc(OC(C)C)cc1. The molecule has 0 radical (unpaired) electrons. The van der Waals surface area contributed by atoms with Gasteiger partial charge < -0.3 is 15.8 Å². The van der Waals surface area contributed by atoms with E-state index in [9.17, 15) is 4.79 Å². The van der Waals surface area contributed by atoms with Gasteiger partial charge in [-0.15, -0.1) is 0 Å². The van der Waals surface area contributed by atoms with Gasteiger partial charge >= 0.3 is 0 Å². The van der Waals surface area contributed by atoms with Crippen molar-refractivity contribution in [1.82, 2.24) is 5.32 Å². The zero-order valence-electron chi connectivity index (χ0n) is 12.0. The fourth-order valence-corrected chi connectivity index (χ4v) is 1.63. The Morgan fingerprint density at radius 1 is 1.26 bits per heavy atom. The first-order valence-electron chi connectivity index (χ1n) is 6.73. The molecule has 0 saturated heterocycles. The third-order valence-corrected chi connectivity index (χ3v) is 2.72. The number of amides is 1. The molecule has 0 spiro atoms. The van der Waals surface area contributed by atoms with E-state index >= 15 is 0 Å². The van der Waals surface area contributed by atoms with Crippen LogP contribution in [0, 0.1) is 5.92 Å². The molecule has 0 aliphatic heterocycles. The van der Waals surface area contributed by atoms with E-state index in [0.717, 1.165) is 11.3 Å². The van der Waals surface area contributed by atoms with Crippen molar-refractivity contribution in [3.05, 3.63) is 29.8 Å². The molecule has 0 saturated carbocycles. The highest BCUT2D eigenvalue weighted by Gasteiger charge is 2.07. The van der Waals surface area contributed by atoms with Crippen LogP contribution in [-0.2, 0) is 11.3 Å². The molecule has 4 heteroatoms. The monoisotopic (exact) mass is 264 g/mol. The first-order chi connectivity index (χ1) is 9.01. The van der Waals surface area contributed by atoms with E-state index in [1.54, 1.807) is 0 Å². The zero-order valence-corrected chi connectivity index (χ0v) is 12.0. The average molecular weight is 264 g/mol. The number of hydrogen-bond donors (Lipinski definition) is 2. The summed E-state index contributed by atoms with van der Waals surface area (Å²) in [7, 11) is 0. The third-order valence-electron chi connectivity index (χ3n) is 2.72. The summed E-state index contributed by atoms with van der Waals surface area (Å²) in [5.74, 6) is 1.11. The Kier molecular flexibility index (Phi) is 6.36. The predicted molar refractivity (Wildman–Crippen MR) is 76.9 cm³/mol. The highest BCUT2D eigenvalue weighted by atomic mass is 16.5. The van der Waals surface area contributed by atoms with Gasteiger partial charge in [-0.1, -0.05) is 19.1 Å². The average Bonchev–Trinajstić information content (AvgIpc) is 2.37. The van der Waals surface area contributed by atoms with Crippen LogP contribution >= 0.6 is 0 Å². The molecule has 0 bridgehead atoms. The lowest BCUT2D eigenvalue weighted by Crippen LogP contribution is -2.26. The van der Waals surface area contributed by atoms with Gasteiger partial charge in [0.2, 0.25) is 5.91 Å². The lowest BCUT2D eigenvalue weighted by Gasteiger charge is -2.11. The predicted octanol–water partition coefficient (Wildman–Crippen LogP) is 2.07. The second-order valence-electron chi connectivity index (χ2n) is 5.13. The van der Waals surface area contributed by atoms with Gasteiger partial charge in [0, 0.05) is 13.0 Å². The van der Waals surface area contributed by atoms with Crippen LogP contribution in [0.25, 0.3) is 0 Å². The summed E-state index contributed by atoms with van der Waals surface area (Å²) in [5, 5.41) is 2.89. The molecule has 1 unspecified atom stereocenters. The maximum absolute atomic E-state index is 11.6. The van der Waals surface area contributed by atoms with Crippen LogP contribution < -0.4 is 15.8 Å². The van der Waals surface area contributed by atoms with Crippen molar-refractivity contribution >= 4 is 5.91 Å². The highest BCUT2D eigenvalue weighted by molar-refractivity contribution is 5.76. The molecule has 0 heterocycles. The van der Waals surface area contributed by atoms with Crippen LogP contribution in [0.4, 0.5) is 0 Å². The first-order valence-corrected chi connectivity index (χ1v) is 6.73. The summed E-state index contributed by atoms with van der Waals surface area (Å²) in [6.45, 7) is 7.03. The van der Waals surface area contributed by atoms with Crippen LogP contribution in [0.3, 0.4) is 0 Å². The van der Waals surface area contributed by atoms with Gasteiger partial charge in [-0.3, -0.25) is 4.79 Å². The molecular weight excluding hydrogens is 240 g/mol. The maximum Gasteiger partial charge on any atom is 0.220 e. The molecule has 0 aliphatic rings. The molecule has 1 atom stereocenters. The third kappa shape index (κ3) is 6.25. The van der Waals surface area contributed by atoms with Crippen LogP contribution in [0.5, 0.6) is 5.75 Å². The molecule has 3 N–H and O–H groups in total. The number of nitrogens with two attached hydrogens (primary N) is 1. The number of carbonyl (C=O) groups excluding carboxylic acids is 1. The van der Waals surface area contributed by atoms with Crippen molar-refractivity contribution in [3.63, 3.8) is 0 Å². The molecule has 19 heavy (non-hydrogen) atoms. The highest BCUT2D eigenvalue weighted by Crippen LogP contribution is 2.13. The van der Waals surface area contributed by atoms with Crippen molar-refractivity contribution in [2.75, 3.05) is 6.54 Å². The second kappa shape index (κ2) is 7.79. The molecule has 1 rings (SSSR count). The van der Waals surface area contributed by atoms with E-state index in [4.69, 9.17) is 10.5 Å². The van der Waals surface area contributed by atoms with Gasteiger partial charge in [-0.2, -0.15) is 0 Å². The minimum atomic E-state index is 0.0421. The van der Waals surface area contributed by atoms with Gasteiger partial charge in [-0.05, 0) is 44.0 Å². The fourth-order valence-electron chi connectivity index (χ4n) is 1.63. The summed E-state index contributed by atoms with van der Waals surface area (Å²) < 4.78 is 5.56. The van der Waals surface area contributed by atoms with Gasteiger partial charge in [0.15, 0.2) is 0 Å². The summed E-state index contributed by atoms with van der Waals surface area (Å²) in [5.41, 5.74) is 6.55. The molecule has 0 aromatic heterocycles. The zero-order chi connectivity index (χ0) is 14.3. The number of hydrogen-bond acceptors (Lipinski definition) is 3. The molecule has 0 fully saturated rings. The molecule has 1 aromatic rings. The normalized spacial score (nSPS) is 12.3. The summed E-state index contributed by atoms with van der Waals surface area (Å²) in [4.78, 5) is 11.6. The van der Waals surface area contributed by atoms with Gasteiger partial charge in [0.1, 0.15) is 5.75 Å². The van der Waals surface area contributed by atoms with E-state index < -0.39 is 0 Å². The molecule has 0 aliphatic carbocycles. The Morgan fingerprint density at radius 2 is 1.89 bits per heavy atom. The Bertz CT molecular complexity index is 388. The number of nitrogens with one attached hydrogen (secondary N) is 1. The molecule has 1 amide bonds. The quantitative estimate of drug-likeness (QED) is 0.792. The molecular formula is C15H24N2O2. The van der Waals surface area contributed by atoms with Crippen molar-refractivity contribution in [2.45, 2.75) is 39.8 Å². The topological polar surface area (TPSA) is 64.4 Å². The molecule has 1 aromatic carbocycles. The van der Waals surface area contributed by atoms with E-state index in [-0.39, 0.29) is 17.9 Å². The molecule has 4 nitrogen and oxygen atoms in total. The standard InChI is InChI=1S/C15H24N2O2/c1-11(2)19-14-6-4-13(5-7-14)10-17-15(18)8-12(3)9-16/h4-7,11-12H,8-10,16H2,1-3H3,(H,17,18). The van der Waals surface area contributed by atoms with Crippen LogP contribution in [-0.4, -0.2) is 18.6 Å². The fraction of sp³-hybridized carbons (Fsp3) is 0.533. The van der Waals surface area contributed by atoms with Crippen molar-refractivity contribution < 1.29 is 9.53 Å². The largest absolute Gasteiger partial charge is 0.491 e. The number of rotatable bonds is 7. The smallest absolute Gasteiger partial charge is 0.220 e. The Labute approximate surface area is 115 Å². The number of carbonyl (C=O) groups is 1. The summed E-state index contributed by atoms with van der Waals surface area (Å²) in [6.07, 6.45) is 0.647. The number of benzene rings is 1. The van der Waals surface area contributed by atoms with Gasteiger partial charge in [0.25, 0.3) is 0 Å². The lowest BCUT2D eigenvalue weighted by atomic mass is 10.1. The Hall–Kier alpha value is -1.55. The van der Waals surface area contributed by atoms with Crippen LogP contribution in [0.2, 0.25) is 0 Å². The van der Waals surface area contributed by atoms with Gasteiger partial charge in [-0.25, -0.2) is 0 Å². The van der Waals surface area contributed by atoms with E-state index in [1.165, 1.54) is 0 Å². The second-order valence-corrected chi connectivity index (χ2v) is 5.13. The van der Waals surface area contributed by atoms with Crippen LogP contribution in [0.1, 0.15) is 32.8 Å². The summed E-state index contributed by atoms with van der Waals surface area (Å²) in [6, 6.07) is 7.77. The van der Waals surface area contributed by atoms with Crippen molar-refractivity contribution in [1.29, 1.82) is 0 Å². The molecule has 106 valence electrons. The van der Waals surface area contributed by atoms with E-state index in [2.05, 4.69) is 5.32 Å². The Morgan fingerprint density at radius 3 is 2.42 bits per heavy atom. The Balaban J connectivity index is 2.39. The van der Waals surface area contributed by atoms with Crippen molar-refractivity contribution in [2.24, 2.45) is 11.7 Å². The number of ether oxygens (including phenoxy) is 1. The first kappa shape index (κ1) is 15.5. The minimum absolute atomic E-state index is 0.0421. The summed E-state index contributed by atoms with van der Waals surface area (Å²) >= 11 is 0. The van der Waals surface area contributed by atoms with Crippen LogP contribution in [0.15, 0.2) is 24.3 Å². The van der Waals surface area contributed by atoms with Crippen molar-refractivity contribution in [3.8, 4) is 5.75 Å². The maximum atomic E-state index is 11.6. The minimum Gasteiger partial charge on any atom is -0.491 e. The lowest BCUT2D eigenvalue weighted by molar-refractivity contribution is -0.122. The van der Waals surface area contributed by atoms with Gasteiger partial charge in [0.05, 0.1) is 6.10 Å². The van der Waals surface area contributed by atoms with E-state index in [1.807, 2.05) is 45.0 Å².